The molecule has 182 valence electrons. The SMILES string of the molecule is CCC1SC(C=O)N(Cc2ccc(NC(=O)c3cccs3)cc2)N=C1c1ccc(CS(=O)O)cc1. The highest BCUT2D eigenvalue weighted by molar-refractivity contribution is 8.01. The Morgan fingerprint density at radius 2 is 1.86 bits per heavy atom. The lowest BCUT2D eigenvalue weighted by Crippen LogP contribution is -2.39. The molecule has 1 aromatic heterocycles. The van der Waals surface area contributed by atoms with Crippen molar-refractivity contribution in [1.29, 1.82) is 0 Å². The maximum absolute atomic E-state index is 12.3. The molecule has 4 rings (SSSR count). The first-order valence-corrected chi connectivity index (χ1v) is 14.1. The molecule has 0 spiro atoms. The molecule has 0 fully saturated rings. The van der Waals surface area contributed by atoms with Gasteiger partial charge in [-0.15, -0.1) is 23.1 Å². The van der Waals surface area contributed by atoms with Gasteiger partial charge < -0.3 is 14.7 Å². The third-order valence-corrected chi connectivity index (χ3v) is 8.43. The van der Waals surface area contributed by atoms with Crippen LogP contribution in [-0.2, 0) is 28.2 Å². The molecule has 3 atom stereocenters. The summed E-state index contributed by atoms with van der Waals surface area (Å²) in [6, 6.07) is 18.6. The van der Waals surface area contributed by atoms with Crippen molar-refractivity contribution >= 4 is 57.8 Å². The van der Waals surface area contributed by atoms with Gasteiger partial charge in [0.05, 0.1) is 28.1 Å². The molecule has 2 aromatic carbocycles. The standard InChI is InChI=1S/C25H25N3O4S3/c1-2-21-24(19-9-5-18(6-10-19)16-35(31)32)27-28(23(15-29)34-21)14-17-7-11-20(12-8-17)26-25(30)22-4-3-13-33-22/h3-13,15,21,23H,2,14,16H2,1H3,(H,26,30)(H,31,32). The lowest BCUT2D eigenvalue weighted by atomic mass is 10.0. The van der Waals surface area contributed by atoms with Crippen LogP contribution in [0.3, 0.4) is 0 Å². The summed E-state index contributed by atoms with van der Waals surface area (Å²) in [5.74, 6) is -0.0562. The zero-order valence-electron chi connectivity index (χ0n) is 19.0. The normalized spacial score (nSPS) is 18.6. The second kappa shape index (κ2) is 11.8. The Kier molecular flexibility index (Phi) is 8.50. The van der Waals surface area contributed by atoms with E-state index < -0.39 is 16.5 Å². The maximum atomic E-state index is 12.3. The molecule has 1 aliphatic heterocycles. The van der Waals surface area contributed by atoms with Gasteiger partial charge in [-0.2, -0.15) is 5.10 Å². The number of hydrogen-bond acceptors (Lipinski definition) is 7. The van der Waals surface area contributed by atoms with Crippen molar-refractivity contribution in [2.24, 2.45) is 5.10 Å². The van der Waals surface area contributed by atoms with Crippen LogP contribution in [0, 0.1) is 0 Å². The molecule has 0 saturated heterocycles. The summed E-state index contributed by atoms with van der Waals surface area (Å²) in [5.41, 5.74) is 4.25. The van der Waals surface area contributed by atoms with E-state index in [0.29, 0.717) is 17.1 Å². The van der Waals surface area contributed by atoms with Crippen molar-refractivity contribution < 1.29 is 18.4 Å². The molecule has 1 aliphatic rings. The first-order valence-electron chi connectivity index (χ1n) is 11.0. The summed E-state index contributed by atoms with van der Waals surface area (Å²) in [6.07, 6.45) is 1.74. The van der Waals surface area contributed by atoms with E-state index >= 15 is 0 Å². The van der Waals surface area contributed by atoms with Gasteiger partial charge in [0.1, 0.15) is 5.37 Å². The Bertz CT molecular complexity index is 1210. The zero-order chi connectivity index (χ0) is 24.8. The molecule has 1 amide bonds. The van der Waals surface area contributed by atoms with Crippen molar-refractivity contribution in [2.75, 3.05) is 5.32 Å². The van der Waals surface area contributed by atoms with Gasteiger partial charge in [-0.05, 0) is 46.7 Å². The Morgan fingerprint density at radius 3 is 2.46 bits per heavy atom. The highest BCUT2D eigenvalue weighted by Gasteiger charge is 2.31. The molecule has 0 saturated carbocycles. The summed E-state index contributed by atoms with van der Waals surface area (Å²) < 4.78 is 20.2. The van der Waals surface area contributed by atoms with Gasteiger partial charge in [-0.1, -0.05) is 49.4 Å². The van der Waals surface area contributed by atoms with Gasteiger partial charge in [0.2, 0.25) is 0 Å². The van der Waals surface area contributed by atoms with E-state index in [0.717, 1.165) is 35.1 Å². The minimum Gasteiger partial charge on any atom is -0.321 e. The number of nitrogens with zero attached hydrogens (tertiary/aromatic N) is 2. The van der Waals surface area contributed by atoms with Crippen molar-refractivity contribution in [3.63, 3.8) is 0 Å². The van der Waals surface area contributed by atoms with E-state index in [1.54, 1.807) is 22.8 Å². The van der Waals surface area contributed by atoms with Crippen molar-refractivity contribution in [3.8, 4) is 0 Å². The Labute approximate surface area is 214 Å². The number of aldehydes is 1. The molecule has 0 radical (unpaired) electrons. The highest BCUT2D eigenvalue weighted by Crippen LogP contribution is 2.32. The van der Waals surface area contributed by atoms with Gasteiger partial charge >= 0.3 is 0 Å². The number of nitrogens with one attached hydrogen (secondary N) is 1. The number of amides is 1. The van der Waals surface area contributed by atoms with Crippen LogP contribution in [0.2, 0.25) is 0 Å². The van der Waals surface area contributed by atoms with Crippen LogP contribution in [0.4, 0.5) is 5.69 Å². The number of thioether (sulfide) groups is 1. The lowest BCUT2D eigenvalue weighted by molar-refractivity contribution is -0.110. The van der Waals surface area contributed by atoms with Crippen LogP contribution in [0.5, 0.6) is 0 Å². The average Bonchev–Trinajstić information content (AvgIpc) is 3.40. The zero-order valence-corrected chi connectivity index (χ0v) is 21.4. The highest BCUT2D eigenvalue weighted by atomic mass is 32.2. The molecular weight excluding hydrogens is 502 g/mol. The second-order valence-corrected chi connectivity index (χ2v) is 11.1. The molecule has 7 nitrogen and oxygen atoms in total. The van der Waals surface area contributed by atoms with Crippen LogP contribution >= 0.6 is 23.1 Å². The summed E-state index contributed by atoms with van der Waals surface area (Å²) in [5, 5.41) is 11.1. The number of carbonyl (C=O) groups is 2. The molecule has 0 aliphatic carbocycles. The van der Waals surface area contributed by atoms with E-state index in [9.17, 15) is 13.8 Å². The number of rotatable bonds is 9. The monoisotopic (exact) mass is 527 g/mol. The molecule has 2 N–H and O–H groups in total. The van der Waals surface area contributed by atoms with Crippen LogP contribution in [0.1, 0.15) is 39.7 Å². The molecule has 10 heteroatoms. The van der Waals surface area contributed by atoms with Crippen LogP contribution in [-0.4, -0.2) is 42.3 Å². The predicted molar refractivity (Wildman–Crippen MR) is 143 cm³/mol. The molecular formula is C25H25N3O4S3. The van der Waals surface area contributed by atoms with Crippen LogP contribution in [0.25, 0.3) is 0 Å². The summed E-state index contributed by atoms with van der Waals surface area (Å²) in [7, 11) is 0. The van der Waals surface area contributed by atoms with Gasteiger partial charge in [-0.3, -0.25) is 9.80 Å². The van der Waals surface area contributed by atoms with E-state index in [2.05, 4.69) is 12.2 Å². The van der Waals surface area contributed by atoms with Gasteiger partial charge in [0, 0.05) is 5.69 Å². The molecule has 0 bridgehead atoms. The average molecular weight is 528 g/mol. The number of hydrogen-bond donors (Lipinski definition) is 2. The van der Waals surface area contributed by atoms with Gasteiger partial charge in [-0.25, -0.2) is 4.21 Å². The number of hydrazone groups is 1. The van der Waals surface area contributed by atoms with E-state index in [4.69, 9.17) is 9.65 Å². The minimum atomic E-state index is -1.89. The second-order valence-electron chi connectivity index (χ2n) is 7.93. The number of anilines is 1. The van der Waals surface area contributed by atoms with Crippen molar-refractivity contribution in [3.05, 3.63) is 87.6 Å². The minimum absolute atomic E-state index is 0.0640. The fourth-order valence-electron chi connectivity index (χ4n) is 3.72. The van der Waals surface area contributed by atoms with E-state index in [1.807, 2.05) is 60.0 Å². The van der Waals surface area contributed by atoms with Crippen molar-refractivity contribution in [2.45, 2.75) is 36.3 Å². The number of thiophene rings is 1. The summed E-state index contributed by atoms with van der Waals surface area (Å²) in [6.45, 7) is 2.51. The maximum Gasteiger partial charge on any atom is 0.265 e. The molecule has 3 aromatic rings. The molecule has 35 heavy (non-hydrogen) atoms. The summed E-state index contributed by atoms with van der Waals surface area (Å²) >= 11 is 1.07. The first-order chi connectivity index (χ1) is 17.0. The predicted octanol–water partition coefficient (Wildman–Crippen LogP) is 4.98. The van der Waals surface area contributed by atoms with Crippen molar-refractivity contribution in [1.82, 2.24) is 5.01 Å². The number of carbonyl (C=O) groups excluding carboxylic acids is 2. The largest absolute Gasteiger partial charge is 0.321 e. The van der Waals surface area contributed by atoms with E-state index in [1.165, 1.54) is 11.3 Å². The first kappa shape index (κ1) is 25.3. The Balaban J connectivity index is 1.51. The molecule has 2 heterocycles. The topological polar surface area (TPSA) is 99.1 Å². The Hall–Kier alpha value is -2.79. The number of benzene rings is 2. The third-order valence-electron chi connectivity index (χ3n) is 5.47. The van der Waals surface area contributed by atoms with Gasteiger partial charge in [0.15, 0.2) is 17.4 Å². The third kappa shape index (κ3) is 6.46. The Morgan fingerprint density at radius 1 is 1.14 bits per heavy atom. The van der Waals surface area contributed by atoms with Crippen LogP contribution < -0.4 is 5.32 Å². The smallest absolute Gasteiger partial charge is 0.265 e. The van der Waals surface area contributed by atoms with Crippen LogP contribution in [0.15, 0.2) is 71.1 Å². The fraction of sp³-hybridized carbons (Fsp3) is 0.240. The molecule has 3 unspecified atom stereocenters. The van der Waals surface area contributed by atoms with E-state index in [-0.39, 0.29) is 16.9 Å². The summed E-state index contributed by atoms with van der Waals surface area (Å²) in [4.78, 5) is 24.8. The quantitative estimate of drug-likeness (QED) is 0.301. The fourth-order valence-corrected chi connectivity index (χ4v) is 5.98. The lowest BCUT2D eigenvalue weighted by Gasteiger charge is -2.34. The van der Waals surface area contributed by atoms with Gasteiger partial charge in [0.25, 0.3) is 5.91 Å².